The summed E-state index contributed by atoms with van der Waals surface area (Å²) in [6, 6.07) is 0. The molecule has 0 amide bonds. The molecule has 0 aromatic carbocycles. The van der Waals surface area contributed by atoms with E-state index in [2.05, 4.69) is 6.92 Å². The van der Waals surface area contributed by atoms with E-state index in [1.54, 1.807) is 0 Å². The first-order valence-corrected chi connectivity index (χ1v) is 3.55. The molecule has 1 aliphatic rings. The molecule has 0 spiro atoms. The topological polar surface area (TPSA) is 40.7 Å². The molecule has 0 aliphatic heterocycles. The molecule has 0 heterocycles. The highest BCUT2D eigenvalue weighted by Crippen LogP contribution is 2.20. The summed E-state index contributed by atoms with van der Waals surface area (Å²) in [6.07, 6.45) is 5.97. The molecule has 0 aromatic rings. The molecule has 0 atom stereocenters. The van der Waals surface area contributed by atoms with Crippen molar-refractivity contribution in [3.63, 3.8) is 0 Å². The van der Waals surface area contributed by atoms with Crippen LogP contribution in [0.3, 0.4) is 0 Å². The van der Waals surface area contributed by atoms with Crippen LogP contribution >= 0.6 is 0 Å². The Bertz CT molecular complexity index is 57.9. The molecular formula is C7H16O2. The average Bonchev–Trinajstić information content (AvgIpc) is 2.19. The summed E-state index contributed by atoms with van der Waals surface area (Å²) in [4.78, 5) is 0. The quantitative estimate of drug-likeness (QED) is 0.555. The largest absolute Gasteiger partial charge is 0.412 e. The maximum Gasteiger partial charge on any atom is 0.0575 e. The molecule has 0 saturated heterocycles. The number of rotatable bonds is 2. The summed E-state index contributed by atoms with van der Waals surface area (Å²) >= 11 is 0. The van der Waals surface area contributed by atoms with Gasteiger partial charge in [0.15, 0.2) is 0 Å². The van der Waals surface area contributed by atoms with Crippen molar-refractivity contribution in [2.75, 3.05) is 6.61 Å². The van der Waals surface area contributed by atoms with Gasteiger partial charge >= 0.3 is 0 Å². The minimum Gasteiger partial charge on any atom is -0.412 e. The maximum atomic E-state index is 5.40. The Morgan fingerprint density at radius 3 is 2.33 bits per heavy atom. The van der Waals surface area contributed by atoms with Gasteiger partial charge in [0.25, 0.3) is 0 Å². The molecule has 9 heavy (non-hydrogen) atoms. The van der Waals surface area contributed by atoms with E-state index in [-0.39, 0.29) is 5.48 Å². The van der Waals surface area contributed by atoms with Crippen LogP contribution in [0, 0.1) is 0 Å². The third kappa shape index (κ3) is 2.82. The Kier molecular flexibility index (Phi) is 4.72. The van der Waals surface area contributed by atoms with Crippen LogP contribution in [-0.4, -0.2) is 18.2 Å². The SMILES string of the molecule is CCOC1CCCC1.O. The van der Waals surface area contributed by atoms with Gasteiger partial charge in [0.05, 0.1) is 6.10 Å². The van der Waals surface area contributed by atoms with Gasteiger partial charge < -0.3 is 10.2 Å². The Morgan fingerprint density at radius 1 is 1.33 bits per heavy atom. The molecule has 0 radical (unpaired) electrons. The molecule has 2 heteroatoms. The first-order valence-electron chi connectivity index (χ1n) is 3.55. The molecule has 2 N–H and O–H groups in total. The van der Waals surface area contributed by atoms with E-state index in [4.69, 9.17) is 4.74 Å². The van der Waals surface area contributed by atoms with Gasteiger partial charge in [0.1, 0.15) is 0 Å². The van der Waals surface area contributed by atoms with Crippen molar-refractivity contribution >= 4 is 0 Å². The highest BCUT2D eigenvalue weighted by atomic mass is 16.5. The lowest BCUT2D eigenvalue weighted by atomic mass is 10.3. The third-order valence-corrected chi connectivity index (χ3v) is 1.70. The minimum atomic E-state index is 0. The van der Waals surface area contributed by atoms with Crippen molar-refractivity contribution in [2.24, 2.45) is 0 Å². The normalized spacial score (nSPS) is 19.7. The van der Waals surface area contributed by atoms with E-state index in [1.807, 2.05) is 0 Å². The maximum absolute atomic E-state index is 5.40. The van der Waals surface area contributed by atoms with E-state index in [0.29, 0.717) is 6.10 Å². The predicted molar refractivity (Wildman–Crippen MR) is 37.5 cm³/mol. The third-order valence-electron chi connectivity index (χ3n) is 1.70. The summed E-state index contributed by atoms with van der Waals surface area (Å²) in [7, 11) is 0. The summed E-state index contributed by atoms with van der Waals surface area (Å²) in [5.74, 6) is 0. The highest BCUT2D eigenvalue weighted by Gasteiger charge is 2.13. The molecule has 1 saturated carbocycles. The second-order valence-electron chi connectivity index (χ2n) is 2.36. The van der Waals surface area contributed by atoms with Crippen LogP contribution in [-0.2, 0) is 4.74 Å². The molecule has 2 nitrogen and oxygen atoms in total. The molecule has 1 aliphatic carbocycles. The van der Waals surface area contributed by atoms with E-state index in [9.17, 15) is 0 Å². The van der Waals surface area contributed by atoms with Gasteiger partial charge in [0.2, 0.25) is 0 Å². The standard InChI is InChI=1S/C7H14O.H2O/c1-2-8-7-5-3-4-6-7;/h7H,2-6H2,1H3;1H2. The van der Waals surface area contributed by atoms with E-state index in [1.165, 1.54) is 25.7 Å². The molecule has 1 fully saturated rings. The predicted octanol–water partition coefficient (Wildman–Crippen LogP) is 1.14. The van der Waals surface area contributed by atoms with Gasteiger partial charge in [-0.1, -0.05) is 12.8 Å². The van der Waals surface area contributed by atoms with E-state index in [0.717, 1.165) is 6.61 Å². The smallest absolute Gasteiger partial charge is 0.0575 e. The van der Waals surface area contributed by atoms with Crippen molar-refractivity contribution in [2.45, 2.75) is 38.7 Å². The second kappa shape index (κ2) is 4.77. The van der Waals surface area contributed by atoms with Crippen LogP contribution in [0.1, 0.15) is 32.6 Å². The van der Waals surface area contributed by atoms with Gasteiger partial charge in [-0.05, 0) is 19.8 Å². The minimum absolute atomic E-state index is 0. The average molecular weight is 132 g/mol. The number of hydrogen-bond donors (Lipinski definition) is 0. The Morgan fingerprint density at radius 2 is 1.89 bits per heavy atom. The van der Waals surface area contributed by atoms with Gasteiger partial charge in [0, 0.05) is 6.61 Å². The van der Waals surface area contributed by atoms with Crippen molar-refractivity contribution in [1.82, 2.24) is 0 Å². The summed E-state index contributed by atoms with van der Waals surface area (Å²) in [5, 5.41) is 0. The van der Waals surface area contributed by atoms with Gasteiger partial charge in [-0.15, -0.1) is 0 Å². The fraction of sp³-hybridized carbons (Fsp3) is 1.00. The first kappa shape index (κ1) is 8.92. The Balaban J connectivity index is 0.000000640. The summed E-state index contributed by atoms with van der Waals surface area (Å²) < 4.78 is 5.40. The highest BCUT2D eigenvalue weighted by molar-refractivity contribution is 4.65. The van der Waals surface area contributed by atoms with Gasteiger partial charge in [-0.25, -0.2) is 0 Å². The zero-order valence-electron chi connectivity index (χ0n) is 6.02. The Hall–Kier alpha value is -0.0800. The lowest BCUT2D eigenvalue weighted by molar-refractivity contribution is 0.0685. The van der Waals surface area contributed by atoms with E-state index < -0.39 is 0 Å². The lowest BCUT2D eigenvalue weighted by Gasteiger charge is -2.06. The lowest BCUT2D eigenvalue weighted by Crippen LogP contribution is -2.05. The zero-order chi connectivity index (χ0) is 5.82. The number of ether oxygens (including phenoxy) is 1. The molecule has 0 unspecified atom stereocenters. The monoisotopic (exact) mass is 132 g/mol. The van der Waals surface area contributed by atoms with Crippen LogP contribution in [0.4, 0.5) is 0 Å². The fourth-order valence-electron chi connectivity index (χ4n) is 1.29. The molecule has 1 rings (SSSR count). The zero-order valence-corrected chi connectivity index (χ0v) is 6.02. The van der Waals surface area contributed by atoms with Gasteiger partial charge in [-0.3, -0.25) is 0 Å². The van der Waals surface area contributed by atoms with Crippen molar-refractivity contribution < 1.29 is 10.2 Å². The molecule has 0 bridgehead atoms. The van der Waals surface area contributed by atoms with Crippen LogP contribution in [0.2, 0.25) is 0 Å². The fourth-order valence-corrected chi connectivity index (χ4v) is 1.29. The van der Waals surface area contributed by atoms with Crippen LogP contribution in [0.5, 0.6) is 0 Å². The van der Waals surface area contributed by atoms with Crippen molar-refractivity contribution in [1.29, 1.82) is 0 Å². The molecule has 56 valence electrons. The van der Waals surface area contributed by atoms with Crippen molar-refractivity contribution in [3.8, 4) is 0 Å². The van der Waals surface area contributed by atoms with Crippen LogP contribution < -0.4 is 0 Å². The summed E-state index contributed by atoms with van der Waals surface area (Å²) in [6.45, 7) is 2.96. The Labute approximate surface area is 56.5 Å². The molecule has 0 aromatic heterocycles. The van der Waals surface area contributed by atoms with Crippen molar-refractivity contribution in [3.05, 3.63) is 0 Å². The summed E-state index contributed by atoms with van der Waals surface area (Å²) in [5.41, 5.74) is 0. The second-order valence-corrected chi connectivity index (χ2v) is 2.36. The van der Waals surface area contributed by atoms with Gasteiger partial charge in [-0.2, -0.15) is 0 Å². The molecular weight excluding hydrogens is 116 g/mol. The van der Waals surface area contributed by atoms with E-state index >= 15 is 0 Å². The van der Waals surface area contributed by atoms with Crippen LogP contribution in [0.15, 0.2) is 0 Å². The first-order chi connectivity index (χ1) is 3.93. The van der Waals surface area contributed by atoms with Crippen LogP contribution in [0.25, 0.3) is 0 Å². The number of hydrogen-bond acceptors (Lipinski definition) is 1.